The lowest BCUT2D eigenvalue weighted by Crippen LogP contribution is -2.41. The zero-order valence-electron chi connectivity index (χ0n) is 17.5. The van der Waals surface area contributed by atoms with E-state index < -0.39 is 17.5 Å². The van der Waals surface area contributed by atoms with Gasteiger partial charge in [0.15, 0.2) is 0 Å². The van der Waals surface area contributed by atoms with E-state index in [4.69, 9.17) is 11.2 Å². The Morgan fingerprint density at radius 1 is 1.40 bits per heavy atom. The van der Waals surface area contributed by atoms with Crippen molar-refractivity contribution < 1.29 is 19.1 Å². The van der Waals surface area contributed by atoms with Crippen LogP contribution in [0, 0.1) is 12.3 Å². The number of hydrogen-bond acceptors (Lipinski definition) is 6. The molecule has 0 bridgehead atoms. The van der Waals surface area contributed by atoms with E-state index in [2.05, 4.69) is 26.5 Å². The van der Waals surface area contributed by atoms with Crippen LogP contribution in [0.3, 0.4) is 0 Å². The highest BCUT2D eigenvalue weighted by molar-refractivity contribution is 6.01. The summed E-state index contributed by atoms with van der Waals surface area (Å²) in [7, 11) is 1.73. The van der Waals surface area contributed by atoms with E-state index in [1.54, 1.807) is 38.5 Å². The second-order valence-corrected chi connectivity index (χ2v) is 7.97. The lowest BCUT2D eigenvalue weighted by Gasteiger charge is -2.27. The van der Waals surface area contributed by atoms with Crippen LogP contribution in [0.5, 0.6) is 0 Å². The maximum absolute atomic E-state index is 12.8. The average Bonchev–Trinajstić information content (AvgIpc) is 2.98. The van der Waals surface area contributed by atoms with Crippen molar-refractivity contribution in [2.75, 3.05) is 11.9 Å². The van der Waals surface area contributed by atoms with Gasteiger partial charge in [-0.2, -0.15) is 0 Å². The molecule has 1 atom stereocenters. The fourth-order valence-corrected chi connectivity index (χ4v) is 3.30. The predicted octanol–water partition coefficient (Wildman–Crippen LogP) is 1.59. The fourth-order valence-electron chi connectivity index (χ4n) is 3.30. The van der Waals surface area contributed by atoms with Crippen LogP contribution in [0.25, 0.3) is 11.4 Å². The minimum atomic E-state index is -0.679. The van der Waals surface area contributed by atoms with E-state index in [1.807, 2.05) is 0 Å². The molecule has 0 radical (unpaired) electrons. The van der Waals surface area contributed by atoms with Crippen LogP contribution in [0.1, 0.15) is 55.2 Å². The number of ether oxygens (including phenoxy) is 1. The van der Waals surface area contributed by atoms with Gasteiger partial charge in [-0.3, -0.25) is 19.7 Å². The van der Waals surface area contributed by atoms with Crippen molar-refractivity contribution in [2.45, 2.75) is 39.2 Å². The molecular weight excluding hydrogens is 386 g/mol. The van der Waals surface area contributed by atoms with Gasteiger partial charge in [0, 0.05) is 32.4 Å². The maximum atomic E-state index is 12.8. The number of terminal acetylenes is 1. The van der Waals surface area contributed by atoms with Gasteiger partial charge in [0.1, 0.15) is 17.2 Å². The molecule has 0 saturated carbocycles. The third-order valence-electron chi connectivity index (χ3n) is 4.49. The Balaban J connectivity index is 2.14. The van der Waals surface area contributed by atoms with Crippen LogP contribution in [-0.4, -0.2) is 44.5 Å². The van der Waals surface area contributed by atoms with Crippen LogP contribution >= 0.6 is 0 Å². The van der Waals surface area contributed by atoms with Crippen LogP contribution in [0.2, 0.25) is 0 Å². The van der Waals surface area contributed by atoms with Crippen molar-refractivity contribution in [3.05, 3.63) is 29.1 Å². The molecule has 156 valence electrons. The summed E-state index contributed by atoms with van der Waals surface area (Å²) in [6.07, 6.45) is 7.03. The molecule has 0 aliphatic carbocycles. The number of aromatic nitrogens is 3. The highest BCUT2D eigenvalue weighted by atomic mass is 16.6. The van der Waals surface area contributed by atoms with Crippen molar-refractivity contribution >= 4 is 23.7 Å². The molecular formula is C21H23N5O4. The molecule has 3 heterocycles. The Labute approximate surface area is 174 Å². The summed E-state index contributed by atoms with van der Waals surface area (Å²) in [6, 6.07) is 1.63. The monoisotopic (exact) mass is 409 g/mol. The number of nitrogens with one attached hydrogen (secondary N) is 2. The third kappa shape index (κ3) is 4.03. The van der Waals surface area contributed by atoms with E-state index in [-0.39, 0.29) is 24.3 Å². The molecule has 2 amide bonds. The van der Waals surface area contributed by atoms with Gasteiger partial charge in [-0.25, -0.2) is 9.97 Å². The van der Waals surface area contributed by atoms with Crippen LogP contribution in [0.15, 0.2) is 12.3 Å². The number of esters is 1. The van der Waals surface area contributed by atoms with Crippen molar-refractivity contribution in [1.82, 2.24) is 19.9 Å². The highest BCUT2D eigenvalue weighted by Gasteiger charge is 2.37. The molecule has 2 N–H and O–H groups in total. The van der Waals surface area contributed by atoms with Crippen LogP contribution < -0.4 is 10.6 Å². The first-order chi connectivity index (χ1) is 14.0. The molecule has 3 rings (SSSR count). The van der Waals surface area contributed by atoms with E-state index in [1.165, 1.54) is 13.1 Å². The number of anilines is 1. The number of rotatable bonds is 3. The summed E-state index contributed by atoms with van der Waals surface area (Å²) >= 11 is 0. The number of fused-ring (bicyclic) bond motifs is 1. The summed E-state index contributed by atoms with van der Waals surface area (Å²) in [4.78, 5) is 45.1. The Morgan fingerprint density at radius 2 is 2.10 bits per heavy atom. The molecule has 0 fully saturated rings. The third-order valence-corrected chi connectivity index (χ3v) is 4.49. The van der Waals surface area contributed by atoms with Crippen LogP contribution in [-0.2, 0) is 21.4 Å². The van der Waals surface area contributed by atoms with Crippen molar-refractivity contribution in [3.8, 4) is 23.7 Å². The van der Waals surface area contributed by atoms with Gasteiger partial charge in [-0.05, 0) is 26.8 Å². The fraction of sp³-hybridized carbons (Fsp3) is 0.381. The van der Waals surface area contributed by atoms with Gasteiger partial charge < -0.3 is 14.6 Å². The zero-order chi connectivity index (χ0) is 22.2. The van der Waals surface area contributed by atoms with Gasteiger partial charge in [0.25, 0.3) is 5.91 Å². The number of hydrogen-bond donors (Lipinski definition) is 2. The molecule has 1 aliphatic rings. The predicted molar refractivity (Wildman–Crippen MR) is 110 cm³/mol. The molecule has 1 unspecified atom stereocenters. The van der Waals surface area contributed by atoms with Gasteiger partial charge in [0.05, 0.1) is 16.8 Å². The summed E-state index contributed by atoms with van der Waals surface area (Å²) in [5, 5.41) is 5.25. The Morgan fingerprint density at radius 3 is 2.70 bits per heavy atom. The van der Waals surface area contributed by atoms with E-state index in [0.717, 1.165) is 0 Å². The first kappa shape index (κ1) is 21.0. The number of nitrogens with zero attached hydrogens (tertiary/aromatic N) is 3. The van der Waals surface area contributed by atoms with Gasteiger partial charge in [0.2, 0.25) is 11.9 Å². The first-order valence-corrected chi connectivity index (χ1v) is 9.34. The first-order valence-electron chi connectivity index (χ1n) is 9.34. The van der Waals surface area contributed by atoms with Crippen LogP contribution in [0.4, 0.5) is 5.95 Å². The van der Waals surface area contributed by atoms with Gasteiger partial charge >= 0.3 is 5.97 Å². The maximum Gasteiger partial charge on any atom is 0.317 e. The second-order valence-electron chi connectivity index (χ2n) is 7.97. The topological polar surface area (TPSA) is 115 Å². The van der Waals surface area contributed by atoms with Crippen molar-refractivity contribution in [3.63, 3.8) is 0 Å². The standard InChI is InChI=1S/C21H23N5O4/c1-7-12-9-23-20(24-11(2)27)25-16(12)15-8-13-17(26(15)6)14(10-22-18(13)28)19(29)30-21(3,4)5/h1,8-9,14H,10H2,2-6H3,(H,22,28)(H,23,24,25,27). The Hall–Kier alpha value is -3.67. The van der Waals surface area contributed by atoms with Gasteiger partial charge in [-0.15, -0.1) is 6.42 Å². The van der Waals surface area contributed by atoms with E-state index in [0.29, 0.717) is 28.2 Å². The number of carbonyl (C=O) groups is 3. The quantitative estimate of drug-likeness (QED) is 0.588. The molecule has 30 heavy (non-hydrogen) atoms. The molecule has 0 saturated heterocycles. The molecule has 0 spiro atoms. The molecule has 1 aliphatic heterocycles. The summed E-state index contributed by atoms with van der Waals surface area (Å²) in [6.45, 7) is 6.82. The Kier molecular flexibility index (Phi) is 5.35. The van der Waals surface area contributed by atoms with Crippen molar-refractivity contribution in [1.29, 1.82) is 0 Å². The normalized spacial score (nSPS) is 15.6. The smallest absolute Gasteiger partial charge is 0.317 e. The minimum Gasteiger partial charge on any atom is -0.459 e. The van der Waals surface area contributed by atoms with E-state index >= 15 is 0 Å². The van der Waals surface area contributed by atoms with Crippen molar-refractivity contribution in [2.24, 2.45) is 7.05 Å². The Bertz CT molecular complexity index is 1090. The van der Waals surface area contributed by atoms with E-state index in [9.17, 15) is 14.4 Å². The lowest BCUT2D eigenvalue weighted by atomic mass is 9.97. The summed E-state index contributed by atoms with van der Waals surface area (Å²) in [5.41, 5.74) is 1.47. The summed E-state index contributed by atoms with van der Waals surface area (Å²) in [5.74, 6) is 0.859. The lowest BCUT2D eigenvalue weighted by molar-refractivity contribution is -0.156. The zero-order valence-corrected chi connectivity index (χ0v) is 17.5. The molecule has 0 aromatic carbocycles. The molecule has 2 aromatic rings. The van der Waals surface area contributed by atoms with Gasteiger partial charge in [-0.1, -0.05) is 5.92 Å². The second kappa shape index (κ2) is 7.63. The highest BCUT2D eigenvalue weighted by Crippen LogP contribution is 2.34. The average molecular weight is 409 g/mol. The SMILES string of the molecule is C#Cc1cnc(NC(C)=O)nc1-c1cc2c(n1C)C(C(=O)OC(C)(C)C)CNC2=O. The largest absolute Gasteiger partial charge is 0.459 e. The number of carbonyl (C=O) groups excluding carboxylic acids is 3. The minimum absolute atomic E-state index is 0.0869. The molecule has 9 heteroatoms. The molecule has 2 aromatic heterocycles. The molecule has 9 nitrogen and oxygen atoms in total. The summed E-state index contributed by atoms with van der Waals surface area (Å²) < 4.78 is 7.25. The number of amides is 2.